The monoisotopic (exact) mass is 283 g/mol. The first-order valence-electron chi connectivity index (χ1n) is 6.40. The number of hydrogen-bond acceptors (Lipinski definition) is 2. The zero-order chi connectivity index (χ0) is 15.2. The minimum absolute atomic E-state index is 0.0681. The average Bonchev–Trinajstić information content (AvgIpc) is 2.45. The number of rotatable bonds is 4. The van der Waals surface area contributed by atoms with E-state index in [1.54, 1.807) is 36.4 Å². The Morgan fingerprint density at radius 2 is 1.86 bits per heavy atom. The number of benzene rings is 2. The minimum atomic E-state index is -0.355. The normalized spacial score (nSPS) is 10.6. The lowest BCUT2D eigenvalue weighted by molar-refractivity contribution is -0.111. The molecule has 2 aromatic rings. The maximum atomic E-state index is 13.0. The van der Waals surface area contributed by atoms with E-state index < -0.39 is 0 Å². The Hall–Kier alpha value is -2.75. The highest BCUT2D eigenvalue weighted by Gasteiger charge is 2.02. The highest BCUT2D eigenvalue weighted by atomic mass is 19.1. The summed E-state index contributed by atoms with van der Waals surface area (Å²) < 4.78 is 13.0. The van der Waals surface area contributed by atoms with Gasteiger partial charge in [0.1, 0.15) is 5.82 Å². The van der Waals surface area contributed by atoms with Crippen LogP contribution in [0, 0.1) is 5.82 Å². The second-order valence-electron chi connectivity index (χ2n) is 4.51. The molecule has 0 atom stereocenters. The highest BCUT2D eigenvalue weighted by molar-refractivity contribution is 6.03. The van der Waals surface area contributed by atoms with Gasteiger partial charge in [0.25, 0.3) is 0 Å². The van der Waals surface area contributed by atoms with E-state index in [1.807, 2.05) is 0 Å². The van der Waals surface area contributed by atoms with Crippen LogP contribution in [-0.2, 0) is 4.79 Å². The van der Waals surface area contributed by atoms with Crippen molar-refractivity contribution in [2.24, 2.45) is 0 Å². The first-order valence-corrected chi connectivity index (χ1v) is 6.40. The van der Waals surface area contributed by atoms with Gasteiger partial charge in [-0.25, -0.2) is 4.39 Å². The second-order valence-corrected chi connectivity index (χ2v) is 4.51. The Balaban J connectivity index is 2.05. The van der Waals surface area contributed by atoms with Crippen molar-refractivity contribution >= 4 is 23.5 Å². The summed E-state index contributed by atoms with van der Waals surface area (Å²) in [4.78, 5) is 23.0. The van der Waals surface area contributed by atoms with E-state index in [0.717, 1.165) is 0 Å². The Morgan fingerprint density at radius 3 is 2.57 bits per heavy atom. The van der Waals surface area contributed by atoms with Crippen LogP contribution >= 0.6 is 0 Å². The first-order chi connectivity index (χ1) is 10.0. The van der Waals surface area contributed by atoms with Crippen LogP contribution in [0.3, 0.4) is 0 Å². The largest absolute Gasteiger partial charge is 0.322 e. The number of amides is 1. The van der Waals surface area contributed by atoms with Crippen LogP contribution < -0.4 is 5.32 Å². The van der Waals surface area contributed by atoms with Crippen molar-refractivity contribution in [1.29, 1.82) is 0 Å². The summed E-state index contributed by atoms with van der Waals surface area (Å²) in [5, 5.41) is 2.65. The average molecular weight is 283 g/mol. The molecule has 2 rings (SSSR count). The van der Waals surface area contributed by atoms with Gasteiger partial charge in [0, 0.05) is 17.3 Å². The molecule has 4 heteroatoms. The van der Waals surface area contributed by atoms with Gasteiger partial charge in [0.2, 0.25) is 5.91 Å². The van der Waals surface area contributed by atoms with E-state index in [-0.39, 0.29) is 17.5 Å². The molecule has 0 spiro atoms. The Kier molecular flexibility index (Phi) is 4.61. The molecule has 3 nitrogen and oxygen atoms in total. The van der Waals surface area contributed by atoms with Gasteiger partial charge in [-0.1, -0.05) is 24.3 Å². The number of nitrogens with one attached hydrogen (secondary N) is 1. The second kappa shape index (κ2) is 6.61. The lowest BCUT2D eigenvalue weighted by Gasteiger charge is -2.03. The van der Waals surface area contributed by atoms with Crippen molar-refractivity contribution in [3.05, 3.63) is 71.6 Å². The molecule has 0 bridgehead atoms. The summed E-state index contributed by atoms with van der Waals surface area (Å²) in [6.07, 6.45) is 2.84. The standard InChI is InChI=1S/C17H14FNO2/c1-12(20)14-5-3-7-16(11-14)19-17(21)9-8-13-4-2-6-15(18)10-13/h2-11H,1H3,(H,19,21). The third-order valence-corrected chi connectivity index (χ3v) is 2.81. The summed E-state index contributed by atoms with van der Waals surface area (Å²) in [6, 6.07) is 12.6. The Morgan fingerprint density at radius 1 is 1.10 bits per heavy atom. The molecule has 0 saturated heterocycles. The van der Waals surface area contributed by atoms with E-state index in [1.165, 1.54) is 31.2 Å². The SMILES string of the molecule is CC(=O)c1cccc(NC(=O)C=Cc2cccc(F)c2)c1. The summed E-state index contributed by atoms with van der Waals surface area (Å²) >= 11 is 0. The molecule has 21 heavy (non-hydrogen) atoms. The van der Waals surface area contributed by atoms with Gasteiger partial charge in [-0.15, -0.1) is 0 Å². The smallest absolute Gasteiger partial charge is 0.248 e. The predicted octanol–water partition coefficient (Wildman–Crippen LogP) is 3.68. The van der Waals surface area contributed by atoms with Crippen molar-refractivity contribution in [1.82, 2.24) is 0 Å². The maximum Gasteiger partial charge on any atom is 0.248 e. The van der Waals surface area contributed by atoms with E-state index in [9.17, 15) is 14.0 Å². The third kappa shape index (κ3) is 4.38. The zero-order valence-electron chi connectivity index (χ0n) is 11.5. The number of Topliss-reactive ketones (excluding diaryl/α,β-unsaturated/α-hetero) is 1. The molecule has 2 aromatic carbocycles. The molecule has 0 fully saturated rings. The number of halogens is 1. The summed E-state index contributed by atoms with van der Waals surface area (Å²) in [7, 11) is 0. The van der Waals surface area contributed by atoms with Crippen LogP contribution in [0.1, 0.15) is 22.8 Å². The first kappa shape index (κ1) is 14.7. The maximum absolute atomic E-state index is 13.0. The summed E-state index contributed by atoms with van der Waals surface area (Å²) in [5.41, 5.74) is 1.67. The molecule has 0 aliphatic carbocycles. The van der Waals surface area contributed by atoms with Gasteiger partial charge >= 0.3 is 0 Å². The van der Waals surface area contributed by atoms with Crippen molar-refractivity contribution in [2.45, 2.75) is 6.92 Å². The molecule has 0 aliphatic rings. The van der Waals surface area contributed by atoms with Crippen LogP contribution in [0.25, 0.3) is 6.08 Å². The Labute approximate surface area is 122 Å². The fraction of sp³-hybridized carbons (Fsp3) is 0.0588. The third-order valence-electron chi connectivity index (χ3n) is 2.81. The number of carbonyl (C=O) groups is 2. The van der Waals surface area contributed by atoms with E-state index in [0.29, 0.717) is 16.8 Å². The quantitative estimate of drug-likeness (QED) is 0.687. The lowest BCUT2D eigenvalue weighted by Crippen LogP contribution is -2.08. The van der Waals surface area contributed by atoms with E-state index in [2.05, 4.69) is 5.32 Å². The van der Waals surface area contributed by atoms with Crippen LogP contribution in [0.4, 0.5) is 10.1 Å². The van der Waals surface area contributed by atoms with Gasteiger partial charge in [-0.3, -0.25) is 9.59 Å². The molecule has 0 radical (unpaired) electrons. The molecule has 106 valence electrons. The number of ketones is 1. The van der Waals surface area contributed by atoms with Crippen LogP contribution in [-0.4, -0.2) is 11.7 Å². The van der Waals surface area contributed by atoms with Crippen LogP contribution in [0.2, 0.25) is 0 Å². The van der Waals surface area contributed by atoms with Crippen LogP contribution in [0.15, 0.2) is 54.6 Å². The van der Waals surface area contributed by atoms with Crippen molar-refractivity contribution in [2.75, 3.05) is 5.32 Å². The van der Waals surface area contributed by atoms with Crippen molar-refractivity contribution in [3.8, 4) is 0 Å². The molecule has 1 amide bonds. The van der Waals surface area contributed by atoms with Gasteiger partial charge in [-0.05, 0) is 42.8 Å². The van der Waals surface area contributed by atoms with E-state index in [4.69, 9.17) is 0 Å². The molecule has 0 aliphatic heterocycles. The molecular weight excluding hydrogens is 269 g/mol. The molecular formula is C17H14FNO2. The van der Waals surface area contributed by atoms with Crippen LogP contribution in [0.5, 0.6) is 0 Å². The lowest BCUT2D eigenvalue weighted by atomic mass is 10.1. The van der Waals surface area contributed by atoms with Crippen molar-refractivity contribution in [3.63, 3.8) is 0 Å². The Bertz CT molecular complexity index is 707. The number of carbonyl (C=O) groups excluding carboxylic acids is 2. The van der Waals surface area contributed by atoms with Gasteiger partial charge in [0.15, 0.2) is 5.78 Å². The number of anilines is 1. The van der Waals surface area contributed by atoms with E-state index >= 15 is 0 Å². The summed E-state index contributed by atoms with van der Waals surface area (Å²) in [6.45, 7) is 1.46. The number of hydrogen-bond donors (Lipinski definition) is 1. The highest BCUT2D eigenvalue weighted by Crippen LogP contribution is 2.11. The van der Waals surface area contributed by atoms with Gasteiger partial charge in [-0.2, -0.15) is 0 Å². The van der Waals surface area contributed by atoms with Gasteiger partial charge < -0.3 is 5.32 Å². The van der Waals surface area contributed by atoms with Crippen molar-refractivity contribution < 1.29 is 14.0 Å². The van der Waals surface area contributed by atoms with Gasteiger partial charge in [0.05, 0.1) is 0 Å². The summed E-state index contributed by atoms with van der Waals surface area (Å²) in [5.74, 6) is -0.770. The fourth-order valence-electron chi connectivity index (χ4n) is 1.78. The molecule has 0 unspecified atom stereocenters. The molecule has 1 N–H and O–H groups in total. The topological polar surface area (TPSA) is 46.2 Å². The fourth-order valence-corrected chi connectivity index (χ4v) is 1.78. The minimum Gasteiger partial charge on any atom is -0.322 e. The molecule has 0 heterocycles. The molecule has 0 aromatic heterocycles. The zero-order valence-corrected chi connectivity index (χ0v) is 11.5. The predicted molar refractivity (Wildman–Crippen MR) is 80.5 cm³/mol. The molecule has 0 saturated carbocycles.